The Kier molecular flexibility index (Phi) is 8.05. The molecule has 0 fully saturated rings. The lowest BCUT2D eigenvalue weighted by Gasteiger charge is -2.11. The summed E-state index contributed by atoms with van der Waals surface area (Å²) in [7, 11) is -3.64. The average molecular weight is 475 g/mol. The quantitative estimate of drug-likeness (QED) is 0.332. The Bertz CT molecular complexity index is 1170. The monoisotopic (exact) mass is 474 g/mol. The number of rotatable bonds is 10. The average Bonchev–Trinajstić information content (AvgIpc) is 3.10. The first-order chi connectivity index (χ1) is 15.3. The Morgan fingerprint density at radius 3 is 2.72 bits per heavy atom. The number of anilines is 1. The minimum atomic E-state index is -3.64. The van der Waals surface area contributed by atoms with Gasteiger partial charge in [-0.25, -0.2) is 18.1 Å². The number of carbonyl (C=O) groups is 1. The summed E-state index contributed by atoms with van der Waals surface area (Å²) in [4.78, 5) is 17.4. The third kappa shape index (κ3) is 5.96. The first kappa shape index (κ1) is 24.0. The molecule has 1 aromatic carbocycles. The lowest BCUT2D eigenvalue weighted by atomic mass is 10.2. The summed E-state index contributed by atoms with van der Waals surface area (Å²) >= 11 is 1.41. The van der Waals surface area contributed by atoms with Gasteiger partial charge in [-0.05, 0) is 50.6 Å². The summed E-state index contributed by atoms with van der Waals surface area (Å²) in [6.45, 7) is 6.08. The Morgan fingerprint density at radius 1 is 1.19 bits per heavy atom. The number of sulfonamides is 1. The molecule has 32 heavy (non-hydrogen) atoms. The maximum Gasteiger partial charge on any atom is 0.258 e. The highest BCUT2D eigenvalue weighted by Gasteiger charge is 2.18. The highest BCUT2D eigenvalue weighted by molar-refractivity contribution is 7.98. The number of thioether (sulfide) groups is 1. The number of aryl methyl sites for hydroxylation is 2. The van der Waals surface area contributed by atoms with Crippen molar-refractivity contribution in [3.63, 3.8) is 0 Å². The summed E-state index contributed by atoms with van der Waals surface area (Å²) in [5.74, 6) is 0.936. The molecular formula is C22H26N4O4S2. The molecule has 3 rings (SSSR count). The molecule has 0 unspecified atom stereocenters. The maximum absolute atomic E-state index is 12.9. The molecule has 2 N–H and O–H groups in total. The number of unbranched alkanes of at least 4 members (excludes halogenated alkanes) is 1. The van der Waals surface area contributed by atoms with Crippen molar-refractivity contribution < 1.29 is 17.7 Å². The van der Waals surface area contributed by atoms with Crippen molar-refractivity contribution in [1.82, 2.24) is 14.9 Å². The summed E-state index contributed by atoms with van der Waals surface area (Å²) in [5, 5.41) is 7.29. The molecule has 2 aromatic heterocycles. The number of aromatic nitrogens is 2. The van der Waals surface area contributed by atoms with Crippen molar-refractivity contribution >= 4 is 33.4 Å². The molecule has 0 aliphatic heterocycles. The van der Waals surface area contributed by atoms with Crippen LogP contribution in [0.4, 0.5) is 5.69 Å². The molecule has 1 amide bonds. The number of hydrogen-bond donors (Lipinski definition) is 2. The lowest BCUT2D eigenvalue weighted by molar-refractivity contribution is 0.102. The van der Waals surface area contributed by atoms with Crippen molar-refractivity contribution in [2.24, 2.45) is 0 Å². The van der Waals surface area contributed by atoms with Gasteiger partial charge in [0.1, 0.15) is 10.8 Å². The fourth-order valence-corrected chi connectivity index (χ4v) is 5.20. The van der Waals surface area contributed by atoms with Gasteiger partial charge in [-0.3, -0.25) is 4.79 Å². The molecule has 2 heterocycles. The highest BCUT2D eigenvalue weighted by Crippen LogP contribution is 2.28. The summed E-state index contributed by atoms with van der Waals surface area (Å²) in [5.41, 5.74) is 2.57. The van der Waals surface area contributed by atoms with Crippen molar-refractivity contribution in [2.45, 2.75) is 49.3 Å². The van der Waals surface area contributed by atoms with Gasteiger partial charge in [-0.1, -0.05) is 24.6 Å². The molecule has 170 valence electrons. The van der Waals surface area contributed by atoms with E-state index in [0.29, 0.717) is 28.6 Å². The Balaban J connectivity index is 1.74. The second-order valence-electron chi connectivity index (χ2n) is 7.18. The van der Waals surface area contributed by atoms with Crippen molar-refractivity contribution in [3.05, 3.63) is 65.2 Å². The molecule has 0 aliphatic rings. The minimum Gasteiger partial charge on any atom is -0.361 e. The molecule has 3 aromatic rings. The van der Waals surface area contributed by atoms with E-state index in [-0.39, 0.29) is 10.8 Å². The van der Waals surface area contributed by atoms with Crippen molar-refractivity contribution in [1.29, 1.82) is 0 Å². The first-order valence-corrected chi connectivity index (χ1v) is 12.7. The first-order valence-electron chi connectivity index (χ1n) is 10.2. The van der Waals surface area contributed by atoms with Crippen LogP contribution in [0.15, 0.2) is 57.0 Å². The van der Waals surface area contributed by atoms with Crippen LogP contribution in [0, 0.1) is 13.8 Å². The van der Waals surface area contributed by atoms with Gasteiger partial charge in [0.25, 0.3) is 5.91 Å². The number of benzene rings is 1. The number of pyridine rings is 1. The van der Waals surface area contributed by atoms with E-state index in [1.165, 1.54) is 23.9 Å². The second-order valence-corrected chi connectivity index (χ2v) is 9.91. The van der Waals surface area contributed by atoms with E-state index in [0.717, 1.165) is 29.9 Å². The molecule has 8 nitrogen and oxygen atoms in total. The van der Waals surface area contributed by atoms with Crippen LogP contribution in [0.1, 0.15) is 47.1 Å². The van der Waals surface area contributed by atoms with Gasteiger partial charge in [0, 0.05) is 29.7 Å². The lowest BCUT2D eigenvalue weighted by Crippen LogP contribution is -2.24. The minimum absolute atomic E-state index is 0.102. The highest BCUT2D eigenvalue weighted by atomic mass is 32.2. The van der Waals surface area contributed by atoms with E-state index in [1.807, 2.05) is 20.8 Å². The standard InChI is InChI=1S/C22H26N4O4S2/c1-4-5-12-24-32(28,29)18-9-6-8-17(13-18)25-21(27)19-10-7-11-23-22(19)31-14-20-15(2)26-30-16(20)3/h6-11,13,24H,4-5,12,14H2,1-3H3,(H,25,27). The molecule has 0 atom stereocenters. The largest absolute Gasteiger partial charge is 0.361 e. The zero-order chi connectivity index (χ0) is 23.1. The van der Waals surface area contributed by atoms with E-state index in [1.54, 1.807) is 30.5 Å². The van der Waals surface area contributed by atoms with Crippen LogP contribution in [0.3, 0.4) is 0 Å². The van der Waals surface area contributed by atoms with Gasteiger partial charge in [-0.2, -0.15) is 0 Å². The van der Waals surface area contributed by atoms with Crippen LogP contribution < -0.4 is 10.0 Å². The molecule has 0 saturated heterocycles. The van der Waals surface area contributed by atoms with Crippen LogP contribution in [0.25, 0.3) is 0 Å². The molecule has 0 spiro atoms. The molecule has 0 bridgehead atoms. The van der Waals surface area contributed by atoms with Gasteiger partial charge in [0.15, 0.2) is 0 Å². The van der Waals surface area contributed by atoms with Crippen molar-refractivity contribution in [3.8, 4) is 0 Å². The van der Waals surface area contributed by atoms with E-state index in [9.17, 15) is 13.2 Å². The number of nitrogens with zero attached hydrogens (tertiary/aromatic N) is 2. The van der Waals surface area contributed by atoms with E-state index < -0.39 is 10.0 Å². The van der Waals surface area contributed by atoms with Crippen LogP contribution in [-0.2, 0) is 15.8 Å². The van der Waals surface area contributed by atoms with Gasteiger partial charge in [0.2, 0.25) is 10.0 Å². The molecular weight excluding hydrogens is 448 g/mol. The fraction of sp³-hybridized carbons (Fsp3) is 0.318. The molecule has 10 heteroatoms. The van der Waals surface area contributed by atoms with Gasteiger partial charge in [0.05, 0.1) is 16.2 Å². The van der Waals surface area contributed by atoms with Crippen LogP contribution in [0.5, 0.6) is 0 Å². The van der Waals surface area contributed by atoms with E-state index >= 15 is 0 Å². The Labute approximate surface area is 192 Å². The number of carbonyl (C=O) groups excluding carboxylic acids is 1. The third-order valence-electron chi connectivity index (χ3n) is 4.77. The maximum atomic E-state index is 12.9. The topological polar surface area (TPSA) is 114 Å². The normalized spacial score (nSPS) is 11.5. The molecule has 0 aliphatic carbocycles. The third-order valence-corrected chi connectivity index (χ3v) is 7.27. The number of amides is 1. The van der Waals surface area contributed by atoms with Crippen LogP contribution in [0.2, 0.25) is 0 Å². The summed E-state index contributed by atoms with van der Waals surface area (Å²) in [6, 6.07) is 9.56. The van der Waals surface area contributed by atoms with Gasteiger partial charge < -0.3 is 9.84 Å². The summed E-state index contributed by atoms with van der Waals surface area (Å²) < 4.78 is 32.7. The van der Waals surface area contributed by atoms with Gasteiger partial charge in [-0.15, -0.1) is 11.8 Å². The Hall–Kier alpha value is -2.69. The molecule has 0 saturated carbocycles. The fourth-order valence-electron chi connectivity index (χ4n) is 2.93. The number of hydrogen-bond acceptors (Lipinski definition) is 7. The second kappa shape index (κ2) is 10.8. The SMILES string of the molecule is CCCCNS(=O)(=O)c1cccc(NC(=O)c2cccnc2SCc2c(C)noc2C)c1. The van der Waals surface area contributed by atoms with Gasteiger partial charge >= 0.3 is 0 Å². The number of nitrogens with one attached hydrogen (secondary N) is 2. The van der Waals surface area contributed by atoms with Crippen molar-refractivity contribution in [2.75, 3.05) is 11.9 Å². The zero-order valence-corrected chi connectivity index (χ0v) is 19.8. The summed E-state index contributed by atoms with van der Waals surface area (Å²) in [6.07, 6.45) is 3.27. The zero-order valence-electron chi connectivity index (χ0n) is 18.2. The predicted octanol–water partition coefficient (Wildman–Crippen LogP) is 4.31. The predicted molar refractivity (Wildman–Crippen MR) is 124 cm³/mol. The Morgan fingerprint density at radius 2 is 2.00 bits per heavy atom. The van der Waals surface area contributed by atoms with Crippen LogP contribution >= 0.6 is 11.8 Å². The van der Waals surface area contributed by atoms with Crippen LogP contribution in [-0.4, -0.2) is 31.0 Å². The van der Waals surface area contributed by atoms with E-state index in [2.05, 4.69) is 20.2 Å². The smallest absolute Gasteiger partial charge is 0.258 e. The van der Waals surface area contributed by atoms with E-state index in [4.69, 9.17) is 4.52 Å². The molecule has 0 radical (unpaired) electrons.